The number of benzene rings is 3. The average molecular weight is 437 g/mol. The second-order valence-electron chi connectivity index (χ2n) is 8.68. The zero-order valence-corrected chi connectivity index (χ0v) is 19.9. The maximum Gasteiger partial charge on any atom is 0.178 e. The lowest BCUT2D eigenvalue weighted by Gasteiger charge is -2.10. The largest absolute Gasteiger partial charge is 0.224 e. The molecule has 0 fully saturated rings. The van der Waals surface area contributed by atoms with Crippen molar-refractivity contribution in [3.05, 3.63) is 77.4 Å². The second kappa shape index (κ2) is 11.5. The lowest BCUT2D eigenvalue weighted by molar-refractivity contribution is 0.585. The third kappa shape index (κ3) is 6.67. The molecule has 166 valence electrons. The third-order valence-corrected chi connectivity index (χ3v) is 8.01. The minimum absolute atomic E-state index is 0.235. The zero-order valence-electron chi connectivity index (χ0n) is 19.1. The Morgan fingerprint density at radius 1 is 0.645 bits per heavy atom. The van der Waals surface area contributed by atoms with Crippen molar-refractivity contribution in [1.82, 2.24) is 0 Å². The van der Waals surface area contributed by atoms with E-state index in [1.807, 2.05) is 37.3 Å². The van der Waals surface area contributed by atoms with Crippen molar-refractivity contribution in [3.8, 4) is 0 Å². The summed E-state index contributed by atoms with van der Waals surface area (Å²) in [5.74, 6) is 0.235. The number of rotatable bonds is 12. The van der Waals surface area contributed by atoms with Gasteiger partial charge in [-0.1, -0.05) is 87.2 Å². The molecule has 0 saturated carbocycles. The molecule has 0 unspecified atom stereocenters. The molecule has 0 N–H and O–H groups in total. The summed E-state index contributed by atoms with van der Waals surface area (Å²) in [6.45, 7) is 4.26. The van der Waals surface area contributed by atoms with Crippen LogP contribution in [0.2, 0.25) is 0 Å². The van der Waals surface area contributed by atoms with Gasteiger partial charge in [0.2, 0.25) is 0 Å². The van der Waals surface area contributed by atoms with Gasteiger partial charge >= 0.3 is 0 Å². The molecule has 0 aliphatic rings. The van der Waals surface area contributed by atoms with E-state index in [9.17, 15) is 8.42 Å². The summed E-state index contributed by atoms with van der Waals surface area (Å²) in [5, 5.41) is 1.88. The Bertz CT molecular complexity index is 1070. The molecule has 0 heterocycles. The second-order valence-corrected chi connectivity index (χ2v) is 10.8. The Morgan fingerprint density at radius 3 is 1.94 bits per heavy atom. The quantitative estimate of drug-likeness (QED) is 0.276. The van der Waals surface area contributed by atoms with Gasteiger partial charge < -0.3 is 0 Å². The van der Waals surface area contributed by atoms with Crippen LogP contribution in [0.15, 0.2) is 65.6 Å². The van der Waals surface area contributed by atoms with Crippen molar-refractivity contribution in [2.24, 2.45) is 0 Å². The maximum atomic E-state index is 12.9. The number of aryl methyl sites for hydroxylation is 3. The van der Waals surface area contributed by atoms with Crippen LogP contribution in [-0.2, 0) is 22.7 Å². The van der Waals surface area contributed by atoms with Gasteiger partial charge in [-0.2, -0.15) is 0 Å². The van der Waals surface area contributed by atoms with E-state index in [1.165, 1.54) is 36.8 Å². The van der Waals surface area contributed by atoms with Gasteiger partial charge in [0.05, 0.1) is 10.6 Å². The highest BCUT2D eigenvalue weighted by Crippen LogP contribution is 2.27. The Morgan fingerprint density at radius 2 is 1.23 bits per heavy atom. The molecule has 0 aliphatic carbocycles. The summed E-state index contributed by atoms with van der Waals surface area (Å²) in [5.41, 5.74) is 3.97. The van der Waals surface area contributed by atoms with E-state index in [-0.39, 0.29) is 5.75 Å². The first kappa shape index (κ1) is 23.5. The fraction of sp³-hybridized carbons (Fsp3) is 0.429. The van der Waals surface area contributed by atoms with Crippen molar-refractivity contribution >= 4 is 20.6 Å². The number of fused-ring (bicyclic) bond motifs is 1. The van der Waals surface area contributed by atoms with Gasteiger partial charge in [-0.05, 0) is 67.2 Å². The van der Waals surface area contributed by atoms with Gasteiger partial charge in [0.15, 0.2) is 9.84 Å². The topological polar surface area (TPSA) is 34.1 Å². The molecule has 0 atom stereocenters. The Hall–Kier alpha value is -2.13. The van der Waals surface area contributed by atoms with Crippen LogP contribution in [0.4, 0.5) is 0 Å². The van der Waals surface area contributed by atoms with Crippen LogP contribution in [0.1, 0.15) is 68.6 Å². The Kier molecular flexibility index (Phi) is 8.71. The predicted molar refractivity (Wildman–Crippen MR) is 133 cm³/mol. The molecular formula is C28H36O2S. The molecule has 31 heavy (non-hydrogen) atoms. The highest BCUT2D eigenvalue weighted by molar-refractivity contribution is 7.91. The van der Waals surface area contributed by atoms with Crippen LogP contribution in [0, 0.1) is 6.92 Å². The molecule has 0 radical (unpaired) electrons. The number of hydrogen-bond acceptors (Lipinski definition) is 2. The minimum atomic E-state index is -3.25. The first-order chi connectivity index (χ1) is 15.0. The molecule has 0 aromatic heterocycles. The van der Waals surface area contributed by atoms with Gasteiger partial charge in [0.1, 0.15) is 0 Å². The lowest BCUT2D eigenvalue weighted by Crippen LogP contribution is -2.07. The van der Waals surface area contributed by atoms with Gasteiger partial charge in [-0.25, -0.2) is 8.42 Å². The Labute approximate surface area is 188 Å². The van der Waals surface area contributed by atoms with Crippen LogP contribution < -0.4 is 0 Å². The summed E-state index contributed by atoms with van der Waals surface area (Å²) in [4.78, 5) is 0.482. The summed E-state index contributed by atoms with van der Waals surface area (Å²) in [6.07, 6.45) is 9.92. The van der Waals surface area contributed by atoms with Crippen molar-refractivity contribution in [3.63, 3.8) is 0 Å². The van der Waals surface area contributed by atoms with Gasteiger partial charge in [0, 0.05) is 5.39 Å². The molecule has 3 rings (SSSR count). The van der Waals surface area contributed by atoms with Crippen LogP contribution in [0.5, 0.6) is 0 Å². The molecule has 3 heteroatoms. The maximum absolute atomic E-state index is 12.9. The van der Waals surface area contributed by atoms with E-state index in [0.29, 0.717) is 4.90 Å². The molecule has 0 bridgehead atoms. The molecule has 0 amide bonds. The van der Waals surface area contributed by atoms with E-state index >= 15 is 0 Å². The van der Waals surface area contributed by atoms with Crippen molar-refractivity contribution in [1.29, 1.82) is 0 Å². The average Bonchev–Trinajstić information content (AvgIpc) is 2.77. The first-order valence-corrected chi connectivity index (χ1v) is 13.5. The monoisotopic (exact) mass is 436 g/mol. The molecule has 3 aromatic carbocycles. The van der Waals surface area contributed by atoms with Gasteiger partial charge in [-0.15, -0.1) is 0 Å². The fourth-order valence-electron chi connectivity index (χ4n) is 4.22. The molecule has 2 nitrogen and oxygen atoms in total. The molecule has 0 spiro atoms. The van der Waals surface area contributed by atoms with Crippen molar-refractivity contribution in [2.75, 3.05) is 5.75 Å². The van der Waals surface area contributed by atoms with E-state index in [4.69, 9.17) is 0 Å². The zero-order chi connectivity index (χ0) is 22.1. The van der Waals surface area contributed by atoms with Crippen LogP contribution in [0.25, 0.3) is 10.8 Å². The van der Waals surface area contributed by atoms with Gasteiger partial charge in [-0.3, -0.25) is 0 Å². The van der Waals surface area contributed by atoms with E-state index in [0.717, 1.165) is 48.4 Å². The number of hydrogen-bond donors (Lipinski definition) is 0. The molecular weight excluding hydrogens is 400 g/mol. The standard InChI is InChI=1S/C28H36O2S/c1-3-4-13-24-18-20-25(21-19-24)14-8-6-5-7-9-22-31(29,30)28-17-11-15-26-23(2)12-10-16-27(26)28/h10-12,15-21H,3-9,13-14,22H2,1-2H3. The number of sulfone groups is 1. The van der Waals surface area contributed by atoms with Crippen LogP contribution >= 0.6 is 0 Å². The smallest absolute Gasteiger partial charge is 0.178 e. The highest BCUT2D eigenvalue weighted by atomic mass is 32.2. The highest BCUT2D eigenvalue weighted by Gasteiger charge is 2.17. The van der Waals surface area contributed by atoms with Crippen molar-refractivity contribution < 1.29 is 8.42 Å². The third-order valence-electron chi connectivity index (χ3n) is 6.16. The molecule has 3 aromatic rings. The first-order valence-electron chi connectivity index (χ1n) is 11.8. The fourth-order valence-corrected chi connectivity index (χ4v) is 5.83. The number of unbranched alkanes of at least 4 members (excludes halogenated alkanes) is 5. The van der Waals surface area contributed by atoms with E-state index in [1.54, 1.807) is 6.07 Å². The summed E-state index contributed by atoms with van der Waals surface area (Å²) >= 11 is 0. The minimum Gasteiger partial charge on any atom is -0.224 e. The van der Waals surface area contributed by atoms with Gasteiger partial charge in [0.25, 0.3) is 0 Å². The molecule has 0 saturated heterocycles. The van der Waals surface area contributed by atoms with Crippen molar-refractivity contribution in [2.45, 2.75) is 76.5 Å². The summed E-state index contributed by atoms with van der Waals surface area (Å²) in [6, 6.07) is 20.6. The van der Waals surface area contributed by atoms with Crippen LogP contribution in [-0.4, -0.2) is 14.2 Å². The molecule has 0 aliphatic heterocycles. The SMILES string of the molecule is CCCCc1ccc(CCCCCCCS(=O)(=O)c2cccc3c(C)cccc23)cc1. The summed E-state index contributed by atoms with van der Waals surface area (Å²) in [7, 11) is -3.25. The van der Waals surface area contributed by atoms with Crippen LogP contribution in [0.3, 0.4) is 0 Å². The lowest BCUT2D eigenvalue weighted by atomic mass is 10.0. The van der Waals surface area contributed by atoms with E-state index < -0.39 is 9.84 Å². The van der Waals surface area contributed by atoms with E-state index in [2.05, 4.69) is 31.2 Å². The predicted octanol–water partition coefficient (Wildman–Crippen LogP) is 7.46. The summed E-state index contributed by atoms with van der Waals surface area (Å²) < 4.78 is 25.8. The Balaban J connectivity index is 1.40. The normalized spacial score (nSPS) is 11.8.